The molecule has 5 nitrogen and oxygen atoms in total. The van der Waals surface area contributed by atoms with Gasteiger partial charge in [0.15, 0.2) is 0 Å². The largest absolute Gasteiger partial charge is 0.480 e. The molecule has 2 atom stereocenters. The smallest absolute Gasteiger partial charge is 0.326 e. The number of aliphatic carboxylic acids is 1. The zero-order chi connectivity index (χ0) is 12.5. The van der Waals surface area contributed by atoms with Crippen molar-refractivity contribution in [3.8, 4) is 0 Å². The lowest BCUT2D eigenvalue weighted by atomic mass is 9.70. The molecule has 1 amide bonds. The van der Waals surface area contributed by atoms with Gasteiger partial charge >= 0.3 is 5.97 Å². The van der Waals surface area contributed by atoms with Crippen LogP contribution in [0.3, 0.4) is 0 Å². The number of carboxylic acids is 1. The molecule has 0 radical (unpaired) electrons. The first-order valence-corrected chi connectivity index (χ1v) is 6.16. The summed E-state index contributed by atoms with van der Waals surface area (Å²) in [7, 11) is 0. The molecule has 1 saturated heterocycles. The zero-order valence-corrected chi connectivity index (χ0v) is 10.1. The number of rotatable bonds is 3. The summed E-state index contributed by atoms with van der Waals surface area (Å²) in [6.45, 7) is 1.96. The number of ether oxygens (including phenoxy) is 1. The summed E-state index contributed by atoms with van der Waals surface area (Å²) >= 11 is 0. The summed E-state index contributed by atoms with van der Waals surface area (Å²) in [6.07, 6.45) is 4.67. The van der Waals surface area contributed by atoms with Gasteiger partial charge in [-0.1, -0.05) is 0 Å². The third-order valence-electron chi connectivity index (χ3n) is 3.89. The molecule has 1 aliphatic carbocycles. The van der Waals surface area contributed by atoms with Gasteiger partial charge in [0.05, 0.1) is 5.60 Å². The lowest BCUT2D eigenvalue weighted by Crippen LogP contribution is -2.53. The molecule has 5 heteroatoms. The van der Waals surface area contributed by atoms with Crippen molar-refractivity contribution in [2.45, 2.75) is 50.7 Å². The van der Waals surface area contributed by atoms with E-state index < -0.39 is 12.0 Å². The zero-order valence-electron chi connectivity index (χ0n) is 10.1. The summed E-state index contributed by atoms with van der Waals surface area (Å²) in [5, 5.41) is 11.7. The molecule has 1 spiro atoms. The second-order valence-corrected chi connectivity index (χ2v) is 5.15. The lowest BCUT2D eigenvalue weighted by Gasteiger charge is -2.48. The third-order valence-corrected chi connectivity index (χ3v) is 3.89. The third kappa shape index (κ3) is 2.60. The number of carbonyl (C=O) groups is 2. The molecule has 2 N–H and O–H groups in total. The van der Waals surface area contributed by atoms with Crippen molar-refractivity contribution in [2.24, 2.45) is 5.92 Å². The van der Waals surface area contributed by atoms with Crippen molar-refractivity contribution in [3.63, 3.8) is 0 Å². The molecule has 2 unspecified atom stereocenters. The quantitative estimate of drug-likeness (QED) is 0.770. The second kappa shape index (κ2) is 4.64. The number of hydrogen-bond acceptors (Lipinski definition) is 3. The summed E-state index contributed by atoms with van der Waals surface area (Å²) in [4.78, 5) is 22.2. The minimum atomic E-state index is -0.943. The van der Waals surface area contributed by atoms with Crippen LogP contribution >= 0.6 is 0 Å². The average Bonchev–Trinajstić information content (AvgIpc) is 2.23. The van der Waals surface area contributed by atoms with E-state index in [0.29, 0.717) is 13.0 Å². The van der Waals surface area contributed by atoms with E-state index in [-0.39, 0.29) is 17.4 Å². The van der Waals surface area contributed by atoms with Gasteiger partial charge in [0.1, 0.15) is 6.04 Å². The summed E-state index contributed by atoms with van der Waals surface area (Å²) in [6, 6.07) is -0.770. The van der Waals surface area contributed by atoms with E-state index in [1.807, 2.05) is 0 Å². The Balaban J connectivity index is 2.02. The Bertz CT molecular complexity index is 324. The van der Waals surface area contributed by atoms with Crippen LogP contribution in [0, 0.1) is 5.92 Å². The molecule has 0 aromatic rings. The van der Waals surface area contributed by atoms with Gasteiger partial charge in [0, 0.05) is 13.5 Å². The molecule has 1 heterocycles. The second-order valence-electron chi connectivity index (χ2n) is 5.15. The van der Waals surface area contributed by atoms with Crippen LogP contribution in [0.4, 0.5) is 0 Å². The fourth-order valence-electron chi connectivity index (χ4n) is 2.87. The highest BCUT2D eigenvalue weighted by molar-refractivity contribution is 5.82. The van der Waals surface area contributed by atoms with Gasteiger partial charge in [0.2, 0.25) is 5.91 Å². The number of carboxylic acid groups (broad SMARTS) is 1. The molecule has 2 fully saturated rings. The molecule has 1 saturated carbocycles. The van der Waals surface area contributed by atoms with Gasteiger partial charge in [0.25, 0.3) is 0 Å². The van der Waals surface area contributed by atoms with Crippen LogP contribution in [0.15, 0.2) is 0 Å². The highest BCUT2D eigenvalue weighted by Gasteiger charge is 2.45. The Kier molecular flexibility index (Phi) is 3.38. The van der Waals surface area contributed by atoms with Crippen LogP contribution in [-0.2, 0) is 14.3 Å². The Morgan fingerprint density at radius 3 is 2.65 bits per heavy atom. The van der Waals surface area contributed by atoms with Crippen LogP contribution in [0.5, 0.6) is 0 Å². The minimum absolute atomic E-state index is 0.00884. The van der Waals surface area contributed by atoms with Crippen molar-refractivity contribution in [3.05, 3.63) is 0 Å². The highest BCUT2D eigenvalue weighted by atomic mass is 16.5. The maximum absolute atomic E-state index is 11.2. The van der Waals surface area contributed by atoms with Crippen LogP contribution in [0.2, 0.25) is 0 Å². The molecule has 0 bridgehead atoms. The summed E-state index contributed by atoms with van der Waals surface area (Å²) in [5.41, 5.74) is -0.0882. The van der Waals surface area contributed by atoms with E-state index in [1.165, 1.54) is 6.92 Å². The highest BCUT2D eigenvalue weighted by Crippen LogP contribution is 2.44. The minimum Gasteiger partial charge on any atom is -0.480 e. The first kappa shape index (κ1) is 12.4. The van der Waals surface area contributed by atoms with E-state index in [0.717, 1.165) is 25.7 Å². The molecule has 2 aliphatic rings. The molecule has 96 valence electrons. The Labute approximate surface area is 101 Å². The van der Waals surface area contributed by atoms with Crippen LogP contribution < -0.4 is 5.32 Å². The van der Waals surface area contributed by atoms with E-state index in [2.05, 4.69) is 5.32 Å². The molecular weight excluding hydrogens is 222 g/mol. The standard InChI is InChI=1S/C12H19NO4/c1-8(14)13-10(11(15)16)9-3-6-17-12(7-9)4-2-5-12/h9-10H,2-7H2,1H3,(H,13,14)(H,15,16). The van der Waals surface area contributed by atoms with Crippen LogP contribution in [0.25, 0.3) is 0 Å². The maximum atomic E-state index is 11.2. The summed E-state index contributed by atoms with van der Waals surface area (Å²) in [5.74, 6) is -1.24. The van der Waals surface area contributed by atoms with Crippen LogP contribution in [0.1, 0.15) is 39.0 Å². The Morgan fingerprint density at radius 1 is 1.47 bits per heavy atom. The topological polar surface area (TPSA) is 75.6 Å². The predicted octanol–water partition coefficient (Wildman–Crippen LogP) is 0.925. The van der Waals surface area contributed by atoms with Crippen LogP contribution in [-0.4, -0.2) is 35.2 Å². The van der Waals surface area contributed by atoms with Gasteiger partial charge < -0.3 is 15.2 Å². The van der Waals surface area contributed by atoms with Gasteiger partial charge in [-0.15, -0.1) is 0 Å². The lowest BCUT2D eigenvalue weighted by molar-refractivity contribution is -0.159. The first-order valence-electron chi connectivity index (χ1n) is 6.16. The number of nitrogens with one attached hydrogen (secondary N) is 1. The van der Waals surface area contributed by atoms with E-state index in [4.69, 9.17) is 4.74 Å². The Hall–Kier alpha value is -1.10. The van der Waals surface area contributed by atoms with Crippen molar-refractivity contribution in [1.29, 1.82) is 0 Å². The summed E-state index contributed by atoms with van der Waals surface area (Å²) < 4.78 is 5.76. The number of hydrogen-bond donors (Lipinski definition) is 2. The van der Waals surface area contributed by atoms with Crippen molar-refractivity contribution >= 4 is 11.9 Å². The fourth-order valence-corrected chi connectivity index (χ4v) is 2.87. The predicted molar refractivity (Wildman–Crippen MR) is 60.5 cm³/mol. The molecule has 0 aromatic carbocycles. The molecule has 0 aromatic heterocycles. The maximum Gasteiger partial charge on any atom is 0.326 e. The number of carbonyl (C=O) groups excluding carboxylic acids is 1. The first-order chi connectivity index (χ1) is 8.02. The van der Waals surface area contributed by atoms with Gasteiger partial charge in [-0.05, 0) is 38.0 Å². The van der Waals surface area contributed by atoms with Crippen molar-refractivity contribution in [2.75, 3.05) is 6.61 Å². The molecule has 1 aliphatic heterocycles. The van der Waals surface area contributed by atoms with E-state index >= 15 is 0 Å². The van der Waals surface area contributed by atoms with E-state index in [1.54, 1.807) is 0 Å². The van der Waals surface area contributed by atoms with Gasteiger partial charge in [-0.25, -0.2) is 4.79 Å². The van der Waals surface area contributed by atoms with Gasteiger partial charge in [-0.3, -0.25) is 4.79 Å². The SMILES string of the molecule is CC(=O)NC(C(=O)O)C1CCOC2(CCC2)C1. The normalized spacial score (nSPS) is 28.2. The van der Waals surface area contributed by atoms with Gasteiger partial charge in [-0.2, -0.15) is 0 Å². The average molecular weight is 241 g/mol. The van der Waals surface area contributed by atoms with E-state index in [9.17, 15) is 14.7 Å². The molecular formula is C12H19NO4. The number of amides is 1. The van der Waals surface area contributed by atoms with Crippen molar-refractivity contribution in [1.82, 2.24) is 5.32 Å². The monoisotopic (exact) mass is 241 g/mol. The molecule has 17 heavy (non-hydrogen) atoms. The van der Waals surface area contributed by atoms with Crippen molar-refractivity contribution < 1.29 is 19.4 Å². The molecule has 2 rings (SSSR count). The fraction of sp³-hybridized carbons (Fsp3) is 0.833. The Morgan fingerprint density at radius 2 is 2.18 bits per heavy atom.